The van der Waals surface area contributed by atoms with Crippen molar-refractivity contribution >= 4 is 23.7 Å². The van der Waals surface area contributed by atoms with Crippen molar-refractivity contribution in [2.24, 2.45) is 0 Å². The maximum Gasteiger partial charge on any atom is 0.513 e. The Bertz CT molecular complexity index is 1130. The van der Waals surface area contributed by atoms with Crippen LogP contribution in [0.15, 0.2) is 72.8 Å². The van der Waals surface area contributed by atoms with Gasteiger partial charge in [0.25, 0.3) is 11.8 Å². The number of hydrogen-bond acceptors (Lipinski definition) is 6. The van der Waals surface area contributed by atoms with Gasteiger partial charge in [-0.2, -0.15) is 0 Å². The largest absolute Gasteiger partial charge is 0.513 e. The number of rotatable bonds is 9. The number of anilines is 1. The summed E-state index contributed by atoms with van der Waals surface area (Å²) in [6, 6.07) is 20.7. The van der Waals surface area contributed by atoms with Crippen LogP contribution < -0.4 is 20.1 Å². The van der Waals surface area contributed by atoms with Gasteiger partial charge in [0.2, 0.25) is 0 Å². The molecule has 8 nitrogen and oxygen atoms in total. The monoisotopic (exact) mass is 462 g/mol. The number of benzene rings is 3. The van der Waals surface area contributed by atoms with Gasteiger partial charge in [-0.1, -0.05) is 35.9 Å². The minimum Gasteiger partial charge on any atom is -0.484 e. The molecule has 0 aliphatic heterocycles. The number of hydrogen-bond donors (Lipinski definition) is 2. The Kier molecular flexibility index (Phi) is 8.62. The van der Waals surface area contributed by atoms with Crippen molar-refractivity contribution in [1.82, 2.24) is 5.32 Å². The molecule has 2 N–H and O–H groups in total. The molecule has 8 heteroatoms. The van der Waals surface area contributed by atoms with E-state index in [0.717, 1.165) is 11.1 Å². The Hall–Kier alpha value is -4.33. The molecule has 2 amide bonds. The van der Waals surface area contributed by atoms with Crippen LogP contribution >= 0.6 is 0 Å². The Morgan fingerprint density at radius 3 is 2.24 bits per heavy atom. The van der Waals surface area contributed by atoms with Crippen LogP contribution in [0.3, 0.4) is 0 Å². The van der Waals surface area contributed by atoms with Crippen LogP contribution in [0, 0.1) is 6.92 Å². The zero-order chi connectivity index (χ0) is 24.3. The highest BCUT2D eigenvalue weighted by Gasteiger charge is 2.12. The van der Waals surface area contributed by atoms with E-state index in [-0.39, 0.29) is 37.3 Å². The second-order valence-electron chi connectivity index (χ2n) is 7.30. The molecule has 176 valence electrons. The predicted molar refractivity (Wildman–Crippen MR) is 127 cm³/mol. The Balaban J connectivity index is 1.54. The summed E-state index contributed by atoms with van der Waals surface area (Å²) in [7, 11) is 0. The maximum atomic E-state index is 12.7. The van der Waals surface area contributed by atoms with Gasteiger partial charge in [-0.25, -0.2) is 4.79 Å². The molecule has 0 saturated carbocycles. The molecule has 0 heterocycles. The SMILES string of the molecule is CCOC(=O)Oc1ccc(C(=O)Nc2ccccc2CNC(=O)COc2ccc(C)cc2)cc1. The van der Waals surface area contributed by atoms with Crippen molar-refractivity contribution in [3.63, 3.8) is 0 Å². The number of carbonyl (C=O) groups is 3. The van der Waals surface area contributed by atoms with Gasteiger partial charge in [0.05, 0.1) is 6.61 Å². The molecule has 3 aromatic rings. The summed E-state index contributed by atoms with van der Waals surface area (Å²) in [5.41, 5.74) is 2.79. The summed E-state index contributed by atoms with van der Waals surface area (Å²) in [6.07, 6.45) is -0.806. The van der Waals surface area contributed by atoms with Crippen LogP contribution in [0.4, 0.5) is 10.5 Å². The van der Waals surface area contributed by atoms with E-state index in [2.05, 4.69) is 10.6 Å². The number of carbonyl (C=O) groups excluding carboxylic acids is 3. The molecule has 0 spiro atoms. The first-order valence-corrected chi connectivity index (χ1v) is 10.7. The van der Waals surface area contributed by atoms with Crippen LogP contribution in [-0.4, -0.2) is 31.2 Å². The Morgan fingerprint density at radius 2 is 1.53 bits per heavy atom. The van der Waals surface area contributed by atoms with Crippen molar-refractivity contribution < 1.29 is 28.6 Å². The molecule has 0 aliphatic carbocycles. The Labute approximate surface area is 197 Å². The lowest BCUT2D eigenvalue weighted by molar-refractivity contribution is -0.123. The van der Waals surface area contributed by atoms with Gasteiger partial charge in [0.15, 0.2) is 6.61 Å². The summed E-state index contributed by atoms with van der Waals surface area (Å²) in [6.45, 7) is 3.97. The molecule has 3 aromatic carbocycles. The van der Waals surface area contributed by atoms with E-state index in [9.17, 15) is 14.4 Å². The van der Waals surface area contributed by atoms with E-state index in [4.69, 9.17) is 14.2 Å². The van der Waals surface area contributed by atoms with E-state index in [1.807, 2.05) is 43.3 Å². The first-order chi connectivity index (χ1) is 16.4. The van der Waals surface area contributed by atoms with E-state index in [0.29, 0.717) is 17.0 Å². The van der Waals surface area contributed by atoms with Crippen molar-refractivity contribution in [1.29, 1.82) is 0 Å². The third-order valence-electron chi connectivity index (χ3n) is 4.71. The molecule has 0 aliphatic rings. The average Bonchev–Trinajstić information content (AvgIpc) is 2.83. The number of para-hydroxylation sites is 1. The van der Waals surface area contributed by atoms with Gasteiger partial charge in [0, 0.05) is 17.8 Å². The first kappa shape index (κ1) is 24.3. The average molecular weight is 463 g/mol. The van der Waals surface area contributed by atoms with Crippen molar-refractivity contribution in [2.75, 3.05) is 18.5 Å². The summed E-state index contributed by atoms with van der Waals surface area (Å²) < 4.78 is 15.2. The smallest absolute Gasteiger partial charge is 0.484 e. The third-order valence-corrected chi connectivity index (χ3v) is 4.71. The molecule has 0 saturated heterocycles. The fourth-order valence-electron chi connectivity index (χ4n) is 2.94. The molecular weight excluding hydrogens is 436 g/mol. The van der Waals surface area contributed by atoms with E-state index < -0.39 is 6.16 Å². The quantitative estimate of drug-likeness (QED) is 0.359. The second-order valence-corrected chi connectivity index (χ2v) is 7.30. The molecule has 0 fully saturated rings. The number of ether oxygens (including phenoxy) is 3. The maximum absolute atomic E-state index is 12.7. The standard InChI is InChI=1S/C26H26N2O6/c1-3-32-26(31)34-22-14-10-19(11-15-22)25(30)28-23-7-5-4-6-20(23)16-27-24(29)17-33-21-12-8-18(2)9-13-21/h4-15H,3,16-17H2,1-2H3,(H,27,29)(H,28,30). The minimum atomic E-state index is -0.806. The third kappa shape index (κ3) is 7.37. The summed E-state index contributed by atoms with van der Waals surface area (Å²) in [5, 5.41) is 5.63. The lowest BCUT2D eigenvalue weighted by Gasteiger charge is -2.13. The zero-order valence-corrected chi connectivity index (χ0v) is 19.0. The lowest BCUT2D eigenvalue weighted by atomic mass is 10.1. The Morgan fingerprint density at radius 1 is 0.853 bits per heavy atom. The molecule has 0 radical (unpaired) electrons. The van der Waals surface area contributed by atoms with Gasteiger partial charge >= 0.3 is 6.16 Å². The summed E-state index contributed by atoms with van der Waals surface area (Å²) >= 11 is 0. The summed E-state index contributed by atoms with van der Waals surface area (Å²) in [4.78, 5) is 36.2. The van der Waals surface area contributed by atoms with Crippen molar-refractivity contribution in [3.8, 4) is 11.5 Å². The van der Waals surface area contributed by atoms with Gasteiger partial charge in [-0.05, 0) is 61.9 Å². The minimum absolute atomic E-state index is 0.113. The van der Waals surface area contributed by atoms with E-state index in [1.54, 1.807) is 19.1 Å². The number of nitrogens with one attached hydrogen (secondary N) is 2. The molecule has 0 unspecified atom stereocenters. The fraction of sp³-hybridized carbons (Fsp3) is 0.192. The topological polar surface area (TPSA) is 103 Å². The summed E-state index contributed by atoms with van der Waals surface area (Å²) in [5.74, 6) is 0.265. The molecular formula is C26H26N2O6. The lowest BCUT2D eigenvalue weighted by Crippen LogP contribution is -2.28. The highest BCUT2D eigenvalue weighted by molar-refractivity contribution is 6.04. The predicted octanol–water partition coefficient (Wildman–Crippen LogP) is 4.48. The fourth-order valence-corrected chi connectivity index (χ4v) is 2.94. The van der Waals surface area contributed by atoms with Crippen molar-refractivity contribution in [3.05, 3.63) is 89.5 Å². The second kappa shape index (κ2) is 12.1. The van der Waals surface area contributed by atoms with Crippen LogP contribution in [0.2, 0.25) is 0 Å². The van der Waals surface area contributed by atoms with Crippen LogP contribution in [-0.2, 0) is 16.1 Å². The van der Waals surface area contributed by atoms with Crippen molar-refractivity contribution in [2.45, 2.75) is 20.4 Å². The zero-order valence-electron chi connectivity index (χ0n) is 19.0. The number of amides is 2. The van der Waals surface area contributed by atoms with E-state index >= 15 is 0 Å². The van der Waals surface area contributed by atoms with Crippen LogP contribution in [0.1, 0.15) is 28.4 Å². The highest BCUT2D eigenvalue weighted by Crippen LogP contribution is 2.18. The number of aryl methyl sites for hydroxylation is 1. The molecule has 0 aromatic heterocycles. The normalized spacial score (nSPS) is 10.2. The first-order valence-electron chi connectivity index (χ1n) is 10.7. The molecule has 34 heavy (non-hydrogen) atoms. The van der Waals surface area contributed by atoms with Gasteiger partial charge in [-0.15, -0.1) is 0 Å². The molecule has 0 bridgehead atoms. The van der Waals surface area contributed by atoms with Gasteiger partial charge < -0.3 is 24.8 Å². The van der Waals surface area contributed by atoms with Crippen LogP contribution in [0.25, 0.3) is 0 Å². The van der Waals surface area contributed by atoms with Gasteiger partial charge in [-0.3, -0.25) is 9.59 Å². The molecule has 3 rings (SSSR count). The molecule has 0 atom stereocenters. The van der Waals surface area contributed by atoms with E-state index in [1.165, 1.54) is 24.3 Å². The highest BCUT2D eigenvalue weighted by atomic mass is 16.7. The van der Waals surface area contributed by atoms with Crippen LogP contribution in [0.5, 0.6) is 11.5 Å². The van der Waals surface area contributed by atoms with Gasteiger partial charge in [0.1, 0.15) is 11.5 Å².